The third kappa shape index (κ3) is 4.71. The average molecular weight is 411 g/mol. The van der Waals surface area contributed by atoms with Crippen molar-refractivity contribution in [2.24, 2.45) is 13.0 Å². The van der Waals surface area contributed by atoms with Gasteiger partial charge in [0.05, 0.1) is 11.8 Å². The van der Waals surface area contributed by atoms with Crippen molar-refractivity contribution in [2.75, 3.05) is 32.4 Å². The number of aromatic nitrogens is 1. The zero-order valence-electron chi connectivity index (χ0n) is 16.1. The van der Waals surface area contributed by atoms with Crippen molar-refractivity contribution in [3.8, 4) is 0 Å². The molecule has 2 N–H and O–H groups in total. The van der Waals surface area contributed by atoms with Gasteiger partial charge in [-0.15, -0.1) is 0 Å². The molecule has 2 aromatic rings. The highest BCUT2D eigenvalue weighted by Gasteiger charge is 2.26. The first-order valence-electron chi connectivity index (χ1n) is 9.33. The molecule has 3 rings (SSSR count). The summed E-state index contributed by atoms with van der Waals surface area (Å²) < 4.78 is 40.3. The molecule has 1 aliphatic heterocycles. The molecule has 28 heavy (non-hydrogen) atoms. The molecule has 0 spiro atoms. The molecule has 2 heterocycles. The number of aromatic carboxylic acids is 1. The van der Waals surface area contributed by atoms with Crippen LogP contribution in [0.1, 0.15) is 28.9 Å². The second-order valence-electron chi connectivity index (χ2n) is 7.50. The number of carboxylic acid groups (broad SMARTS) is 1. The van der Waals surface area contributed by atoms with Gasteiger partial charge in [-0.3, -0.25) is 0 Å². The quantitative estimate of drug-likeness (QED) is 0.725. The summed E-state index contributed by atoms with van der Waals surface area (Å²) in [5, 5.41) is 10.1. The summed E-state index contributed by atoms with van der Waals surface area (Å²) in [6, 6.07) is 4.26. The summed E-state index contributed by atoms with van der Waals surface area (Å²) in [5.41, 5.74) is 1.64. The minimum absolute atomic E-state index is 0.191. The summed E-state index contributed by atoms with van der Waals surface area (Å²) in [6.07, 6.45) is 3.60. The number of nitrogens with zero attached hydrogens (tertiary/aromatic N) is 2. The van der Waals surface area contributed by atoms with E-state index in [-0.39, 0.29) is 5.56 Å². The van der Waals surface area contributed by atoms with E-state index in [0.29, 0.717) is 30.8 Å². The lowest BCUT2D eigenvalue weighted by Crippen LogP contribution is -2.39. The molecule has 154 valence electrons. The highest BCUT2D eigenvalue weighted by Crippen LogP contribution is 2.30. The molecule has 1 aromatic heterocycles. The number of likely N-dealkylation sites (tertiary alicyclic amines) is 1. The van der Waals surface area contributed by atoms with E-state index in [1.807, 2.05) is 11.6 Å². The van der Waals surface area contributed by atoms with Crippen LogP contribution in [-0.4, -0.2) is 61.4 Å². The van der Waals surface area contributed by atoms with Crippen LogP contribution in [0.4, 0.5) is 4.39 Å². The highest BCUT2D eigenvalue weighted by atomic mass is 32.2. The van der Waals surface area contributed by atoms with E-state index < -0.39 is 21.8 Å². The number of aryl methyl sites for hydroxylation is 1. The van der Waals surface area contributed by atoms with Crippen molar-refractivity contribution < 1.29 is 22.7 Å². The van der Waals surface area contributed by atoms with Crippen molar-refractivity contribution in [1.82, 2.24) is 14.2 Å². The monoisotopic (exact) mass is 411 g/mol. The fourth-order valence-electron chi connectivity index (χ4n) is 4.02. The normalized spacial score (nSPS) is 16.7. The van der Waals surface area contributed by atoms with Crippen LogP contribution in [-0.2, 0) is 23.5 Å². The molecule has 1 saturated heterocycles. The number of nitrogens with one attached hydrogen (secondary N) is 1. The molecule has 0 bridgehead atoms. The lowest BCUT2D eigenvalue weighted by atomic mass is 9.90. The van der Waals surface area contributed by atoms with Crippen LogP contribution in [0.25, 0.3) is 10.9 Å². The molecule has 0 saturated carbocycles. The van der Waals surface area contributed by atoms with E-state index in [1.165, 1.54) is 12.1 Å². The number of benzene rings is 1. The van der Waals surface area contributed by atoms with Crippen molar-refractivity contribution in [2.45, 2.75) is 19.3 Å². The maximum Gasteiger partial charge on any atom is 0.338 e. The predicted octanol–water partition coefficient (Wildman–Crippen LogP) is 1.82. The Kier molecular flexibility index (Phi) is 6.07. The SMILES string of the molecule is Cn1c(CC2CCN(CCNS(C)(=O)=O)CC2)c(C(=O)O)c2cc(F)ccc21. The Morgan fingerprint density at radius 2 is 2.00 bits per heavy atom. The maximum atomic E-state index is 13.6. The summed E-state index contributed by atoms with van der Waals surface area (Å²) in [6.45, 7) is 2.74. The van der Waals surface area contributed by atoms with Crippen LogP contribution in [0.15, 0.2) is 18.2 Å². The van der Waals surface area contributed by atoms with Gasteiger partial charge in [0.15, 0.2) is 0 Å². The number of hydrogen-bond acceptors (Lipinski definition) is 4. The van der Waals surface area contributed by atoms with Crippen molar-refractivity contribution in [1.29, 1.82) is 0 Å². The lowest BCUT2D eigenvalue weighted by molar-refractivity contribution is 0.0697. The predicted molar refractivity (Wildman–Crippen MR) is 106 cm³/mol. The Bertz CT molecular complexity index is 979. The van der Waals surface area contributed by atoms with Gasteiger partial charge in [-0.1, -0.05) is 0 Å². The van der Waals surface area contributed by atoms with Crippen LogP contribution < -0.4 is 4.72 Å². The zero-order chi connectivity index (χ0) is 20.5. The minimum Gasteiger partial charge on any atom is -0.478 e. The molecular weight excluding hydrogens is 385 g/mol. The van der Waals surface area contributed by atoms with Crippen LogP contribution in [0, 0.1) is 11.7 Å². The van der Waals surface area contributed by atoms with E-state index in [4.69, 9.17) is 0 Å². The first kappa shape index (κ1) is 20.8. The minimum atomic E-state index is -3.17. The maximum absolute atomic E-state index is 13.6. The molecule has 0 atom stereocenters. The smallest absolute Gasteiger partial charge is 0.338 e. The van der Waals surface area contributed by atoms with Crippen LogP contribution in [0.3, 0.4) is 0 Å². The largest absolute Gasteiger partial charge is 0.478 e. The van der Waals surface area contributed by atoms with E-state index in [2.05, 4.69) is 9.62 Å². The highest BCUT2D eigenvalue weighted by molar-refractivity contribution is 7.88. The lowest BCUT2D eigenvalue weighted by Gasteiger charge is -2.32. The van der Waals surface area contributed by atoms with Gasteiger partial charge in [0.25, 0.3) is 0 Å². The van der Waals surface area contributed by atoms with E-state index >= 15 is 0 Å². The van der Waals surface area contributed by atoms with Gasteiger partial charge in [0.1, 0.15) is 5.82 Å². The van der Waals surface area contributed by atoms with E-state index in [0.717, 1.165) is 43.4 Å². The van der Waals surface area contributed by atoms with Gasteiger partial charge in [0.2, 0.25) is 10.0 Å². The number of rotatable bonds is 7. The van der Waals surface area contributed by atoms with Crippen molar-refractivity contribution in [3.05, 3.63) is 35.3 Å². The second kappa shape index (κ2) is 8.18. The molecule has 0 aliphatic carbocycles. The van der Waals surface area contributed by atoms with Gasteiger partial charge >= 0.3 is 5.97 Å². The molecular formula is C19H26FN3O4S. The van der Waals surface area contributed by atoms with Crippen LogP contribution in [0.2, 0.25) is 0 Å². The Morgan fingerprint density at radius 1 is 1.32 bits per heavy atom. The zero-order valence-corrected chi connectivity index (χ0v) is 16.9. The summed E-state index contributed by atoms with van der Waals surface area (Å²) in [7, 11) is -1.34. The topological polar surface area (TPSA) is 91.6 Å². The summed E-state index contributed by atoms with van der Waals surface area (Å²) >= 11 is 0. The number of hydrogen-bond donors (Lipinski definition) is 2. The van der Waals surface area contributed by atoms with Crippen LogP contribution >= 0.6 is 0 Å². The summed E-state index contributed by atoms with van der Waals surface area (Å²) in [4.78, 5) is 14.1. The second-order valence-corrected chi connectivity index (χ2v) is 9.34. The Hall–Kier alpha value is -1.97. The summed E-state index contributed by atoms with van der Waals surface area (Å²) in [5.74, 6) is -1.14. The molecule has 0 unspecified atom stereocenters. The molecule has 0 amide bonds. The van der Waals surface area contributed by atoms with E-state index in [1.54, 1.807) is 6.07 Å². The Labute approximate surface area is 164 Å². The Morgan fingerprint density at radius 3 is 2.61 bits per heavy atom. The van der Waals surface area contributed by atoms with Gasteiger partial charge in [-0.25, -0.2) is 22.3 Å². The van der Waals surface area contributed by atoms with Gasteiger partial charge in [-0.05, 0) is 56.5 Å². The first-order valence-corrected chi connectivity index (χ1v) is 11.2. The fourth-order valence-corrected chi connectivity index (χ4v) is 4.49. The first-order chi connectivity index (χ1) is 13.2. The van der Waals surface area contributed by atoms with Crippen molar-refractivity contribution >= 4 is 26.9 Å². The molecule has 1 fully saturated rings. The van der Waals surface area contributed by atoms with Gasteiger partial charge < -0.3 is 14.6 Å². The third-order valence-electron chi connectivity index (χ3n) is 5.48. The van der Waals surface area contributed by atoms with Gasteiger partial charge in [-0.2, -0.15) is 0 Å². The Balaban J connectivity index is 1.68. The van der Waals surface area contributed by atoms with Gasteiger partial charge in [0, 0.05) is 36.7 Å². The number of piperidine rings is 1. The average Bonchev–Trinajstić information content (AvgIpc) is 2.87. The number of carboxylic acids is 1. The number of carbonyl (C=O) groups is 1. The molecule has 1 aliphatic rings. The van der Waals surface area contributed by atoms with Crippen molar-refractivity contribution in [3.63, 3.8) is 0 Å². The number of fused-ring (bicyclic) bond motifs is 1. The van der Waals surface area contributed by atoms with E-state index in [9.17, 15) is 22.7 Å². The van der Waals surface area contributed by atoms with Crippen LogP contribution in [0.5, 0.6) is 0 Å². The molecule has 1 aromatic carbocycles. The standard InChI is InChI=1S/C19H26FN3O4S/c1-22-16-4-3-14(20)12-15(16)18(19(24)25)17(22)11-13-5-8-23(9-6-13)10-7-21-28(2,26)27/h3-4,12-13,21H,5-11H2,1-2H3,(H,24,25). The number of halogens is 1. The molecule has 0 radical (unpaired) electrons. The molecule has 9 heteroatoms. The molecule has 7 nitrogen and oxygen atoms in total. The third-order valence-corrected chi connectivity index (χ3v) is 6.21. The number of sulfonamides is 1. The fraction of sp³-hybridized carbons (Fsp3) is 0.526.